The standard InChI is InChI=1S/C18H18FN5/c19-15-6-4-13(5-7-15)16-11-17(14-3-1-8-20-12-14)24(23-16)18-21-9-2-10-22-18/h2,4-7,9-11,14,20H,1,3,8,12H2/t14-/m0/s1. The fourth-order valence-electron chi connectivity index (χ4n) is 3.11. The van der Waals surface area contributed by atoms with E-state index in [1.54, 1.807) is 30.6 Å². The zero-order valence-electron chi connectivity index (χ0n) is 13.2. The first kappa shape index (κ1) is 15.0. The average molecular weight is 323 g/mol. The van der Waals surface area contributed by atoms with Gasteiger partial charge in [-0.2, -0.15) is 5.10 Å². The summed E-state index contributed by atoms with van der Waals surface area (Å²) in [7, 11) is 0. The van der Waals surface area contributed by atoms with Gasteiger partial charge >= 0.3 is 0 Å². The van der Waals surface area contributed by atoms with Gasteiger partial charge in [0.2, 0.25) is 0 Å². The third-order valence-electron chi connectivity index (χ3n) is 4.33. The topological polar surface area (TPSA) is 55.6 Å². The number of rotatable bonds is 3. The summed E-state index contributed by atoms with van der Waals surface area (Å²) in [5.74, 6) is 0.678. The van der Waals surface area contributed by atoms with E-state index < -0.39 is 0 Å². The van der Waals surface area contributed by atoms with Crippen LogP contribution in [0.5, 0.6) is 0 Å². The summed E-state index contributed by atoms with van der Waals surface area (Å²) in [6.45, 7) is 1.97. The zero-order valence-corrected chi connectivity index (χ0v) is 13.2. The highest BCUT2D eigenvalue weighted by Gasteiger charge is 2.22. The smallest absolute Gasteiger partial charge is 0.250 e. The Bertz CT molecular complexity index is 807. The molecule has 1 aliphatic heterocycles. The highest BCUT2D eigenvalue weighted by atomic mass is 19.1. The number of nitrogens with one attached hydrogen (secondary N) is 1. The van der Waals surface area contributed by atoms with Gasteiger partial charge in [0.05, 0.1) is 11.4 Å². The van der Waals surface area contributed by atoms with Crippen LogP contribution < -0.4 is 5.32 Å². The van der Waals surface area contributed by atoms with Crippen LogP contribution in [-0.4, -0.2) is 32.8 Å². The number of nitrogens with zero attached hydrogens (tertiary/aromatic N) is 4. The maximum atomic E-state index is 13.2. The molecule has 1 saturated heterocycles. The molecule has 122 valence electrons. The van der Waals surface area contributed by atoms with Gasteiger partial charge in [-0.05, 0) is 55.8 Å². The molecule has 6 heteroatoms. The third-order valence-corrected chi connectivity index (χ3v) is 4.33. The third kappa shape index (κ3) is 2.92. The van der Waals surface area contributed by atoms with Crippen molar-refractivity contribution in [2.45, 2.75) is 18.8 Å². The van der Waals surface area contributed by atoms with Crippen molar-refractivity contribution in [3.8, 4) is 17.2 Å². The minimum atomic E-state index is -0.249. The molecule has 4 rings (SSSR count). The van der Waals surface area contributed by atoms with Gasteiger partial charge in [0.15, 0.2) is 0 Å². The Morgan fingerprint density at radius 3 is 2.62 bits per heavy atom. The van der Waals surface area contributed by atoms with Gasteiger partial charge in [0.1, 0.15) is 5.82 Å². The normalized spacial score (nSPS) is 17.8. The predicted octanol–water partition coefficient (Wildman–Crippen LogP) is 2.94. The molecule has 1 aromatic carbocycles. The van der Waals surface area contributed by atoms with Gasteiger partial charge < -0.3 is 5.32 Å². The first-order valence-electron chi connectivity index (χ1n) is 8.15. The van der Waals surface area contributed by atoms with E-state index in [1.807, 2.05) is 4.68 Å². The van der Waals surface area contributed by atoms with Crippen LogP contribution in [0.1, 0.15) is 24.5 Å². The fourth-order valence-corrected chi connectivity index (χ4v) is 3.11. The van der Waals surface area contributed by atoms with Crippen LogP contribution in [0, 0.1) is 5.82 Å². The lowest BCUT2D eigenvalue weighted by Gasteiger charge is -2.22. The summed E-state index contributed by atoms with van der Waals surface area (Å²) in [6.07, 6.45) is 5.67. The molecule has 0 aliphatic carbocycles. The second-order valence-corrected chi connectivity index (χ2v) is 5.97. The van der Waals surface area contributed by atoms with Gasteiger partial charge in [0.25, 0.3) is 5.95 Å². The minimum absolute atomic E-state index is 0.249. The van der Waals surface area contributed by atoms with Crippen molar-refractivity contribution < 1.29 is 4.39 Å². The Labute approximate surface area is 139 Å². The number of aromatic nitrogens is 4. The quantitative estimate of drug-likeness (QED) is 0.805. The summed E-state index contributed by atoms with van der Waals surface area (Å²) in [4.78, 5) is 8.67. The van der Waals surface area contributed by atoms with E-state index in [9.17, 15) is 4.39 Å². The second-order valence-electron chi connectivity index (χ2n) is 5.97. The molecule has 2 aromatic heterocycles. The molecule has 0 saturated carbocycles. The fraction of sp³-hybridized carbons (Fsp3) is 0.278. The van der Waals surface area contributed by atoms with Gasteiger partial charge in [-0.15, -0.1) is 0 Å². The average Bonchev–Trinajstić information content (AvgIpc) is 3.09. The van der Waals surface area contributed by atoms with E-state index in [2.05, 4.69) is 21.4 Å². The Morgan fingerprint density at radius 1 is 1.12 bits per heavy atom. The van der Waals surface area contributed by atoms with Crippen LogP contribution in [0.3, 0.4) is 0 Å². The van der Waals surface area contributed by atoms with E-state index in [4.69, 9.17) is 5.10 Å². The van der Waals surface area contributed by atoms with Crippen molar-refractivity contribution >= 4 is 0 Å². The number of hydrogen-bond donors (Lipinski definition) is 1. The Balaban J connectivity index is 1.79. The van der Waals surface area contributed by atoms with Crippen LogP contribution in [0.15, 0.2) is 48.8 Å². The Hall–Kier alpha value is -2.60. The minimum Gasteiger partial charge on any atom is -0.316 e. The maximum absolute atomic E-state index is 13.2. The zero-order chi connectivity index (χ0) is 16.4. The monoisotopic (exact) mass is 323 g/mol. The van der Waals surface area contributed by atoms with E-state index >= 15 is 0 Å². The van der Waals surface area contributed by atoms with Crippen LogP contribution in [0.2, 0.25) is 0 Å². The van der Waals surface area contributed by atoms with Crippen molar-refractivity contribution in [1.82, 2.24) is 25.1 Å². The van der Waals surface area contributed by atoms with Crippen molar-refractivity contribution in [3.63, 3.8) is 0 Å². The van der Waals surface area contributed by atoms with Crippen molar-refractivity contribution in [3.05, 3.63) is 60.3 Å². The lowest BCUT2D eigenvalue weighted by molar-refractivity contribution is 0.446. The van der Waals surface area contributed by atoms with E-state index in [0.717, 1.165) is 42.9 Å². The highest BCUT2D eigenvalue weighted by molar-refractivity contribution is 5.60. The van der Waals surface area contributed by atoms with Crippen LogP contribution in [0.4, 0.5) is 4.39 Å². The summed E-state index contributed by atoms with van der Waals surface area (Å²) >= 11 is 0. The number of benzene rings is 1. The van der Waals surface area contributed by atoms with Crippen LogP contribution in [0.25, 0.3) is 17.2 Å². The van der Waals surface area contributed by atoms with Crippen molar-refractivity contribution in [2.24, 2.45) is 0 Å². The van der Waals surface area contributed by atoms with E-state index in [1.165, 1.54) is 12.1 Å². The van der Waals surface area contributed by atoms with E-state index in [-0.39, 0.29) is 5.82 Å². The maximum Gasteiger partial charge on any atom is 0.250 e. The molecule has 1 N–H and O–H groups in total. The summed E-state index contributed by atoms with van der Waals surface area (Å²) in [5, 5.41) is 8.13. The molecule has 0 unspecified atom stereocenters. The number of hydrogen-bond acceptors (Lipinski definition) is 4. The lowest BCUT2D eigenvalue weighted by Crippen LogP contribution is -2.29. The molecule has 0 radical (unpaired) electrons. The first-order valence-corrected chi connectivity index (χ1v) is 8.15. The molecule has 3 heterocycles. The molecule has 0 amide bonds. The molecule has 5 nitrogen and oxygen atoms in total. The van der Waals surface area contributed by atoms with Gasteiger partial charge in [0, 0.05) is 30.4 Å². The van der Waals surface area contributed by atoms with Gasteiger partial charge in [-0.25, -0.2) is 19.0 Å². The highest BCUT2D eigenvalue weighted by Crippen LogP contribution is 2.29. The molecule has 3 aromatic rings. The SMILES string of the molecule is Fc1ccc(-c2cc([C@H]3CCCNC3)n(-c3ncccn3)n2)cc1. The lowest BCUT2D eigenvalue weighted by atomic mass is 9.95. The van der Waals surface area contributed by atoms with Crippen molar-refractivity contribution in [2.75, 3.05) is 13.1 Å². The Kier molecular flexibility index (Phi) is 4.04. The summed E-state index contributed by atoms with van der Waals surface area (Å²) in [5.41, 5.74) is 2.78. The Morgan fingerprint density at radius 2 is 1.92 bits per heavy atom. The van der Waals surface area contributed by atoms with Crippen LogP contribution in [-0.2, 0) is 0 Å². The van der Waals surface area contributed by atoms with E-state index in [0.29, 0.717) is 11.9 Å². The summed E-state index contributed by atoms with van der Waals surface area (Å²) < 4.78 is 15.0. The largest absolute Gasteiger partial charge is 0.316 e. The molecular weight excluding hydrogens is 305 g/mol. The first-order chi connectivity index (χ1) is 11.8. The predicted molar refractivity (Wildman–Crippen MR) is 89.4 cm³/mol. The molecule has 1 atom stereocenters. The number of piperidine rings is 1. The summed E-state index contributed by atoms with van der Waals surface area (Å²) in [6, 6.07) is 10.3. The molecule has 1 aliphatic rings. The molecular formula is C18H18FN5. The van der Waals surface area contributed by atoms with Crippen LogP contribution >= 0.6 is 0 Å². The molecule has 1 fully saturated rings. The molecule has 0 spiro atoms. The van der Waals surface area contributed by atoms with Crippen molar-refractivity contribution in [1.29, 1.82) is 0 Å². The van der Waals surface area contributed by atoms with Gasteiger partial charge in [-0.3, -0.25) is 0 Å². The second kappa shape index (κ2) is 6.49. The number of halogens is 1. The molecule has 0 bridgehead atoms. The van der Waals surface area contributed by atoms with Gasteiger partial charge in [-0.1, -0.05) is 0 Å². The molecule has 24 heavy (non-hydrogen) atoms.